The molecule has 1 aliphatic rings. The van der Waals surface area contributed by atoms with E-state index in [1.54, 1.807) is 0 Å². The molecule has 0 radical (unpaired) electrons. The molecule has 0 spiro atoms. The largest absolute Gasteiger partial charge is 0.379 e. The van der Waals surface area contributed by atoms with Crippen LogP contribution in [-0.4, -0.2) is 62.8 Å². The Morgan fingerprint density at radius 3 is 2.93 bits per heavy atom. The molecule has 0 aromatic rings. The van der Waals surface area contributed by atoms with Gasteiger partial charge in [0.15, 0.2) is 0 Å². The van der Waals surface area contributed by atoms with E-state index in [1.165, 1.54) is 17.9 Å². The molecule has 1 heterocycles. The average Bonchev–Trinajstić information content (AvgIpc) is 2.63. The molecule has 0 aliphatic carbocycles. The molecular weight excluding hydrogens is 196 g/mol. The number of nitrogens with one attached hydrogen (secondary N) is 1. The van der Waals surface area contributed by atoms with Crippen LogP contribution in [0.3, 0.4) is 0 Å². The molecule has 3 nitrogen and oxygen atoms in total. The number of ether oxygens (including phenoxy) is 1. The molecule has 1 rings (SSSR count). The summed E-state index contributed by atoms with van der Waals surface area (Å²) in [4.78, 5) is 2.14. The van der Waals surface area contributed by atoms with E-state index >= 15 is 0 Å². The summed E-state index contributed by atoms with van der Waals surface area (Å²) < 4.78 is 5.49. The molecule has 0 saturated carbocycles. The van der Waals surface area contributed by atoms with Crippen LogP contribution in [0, 0.1) is 0 Å². The van der Waals surface area contributed by atoms with E-state index in [4.69, 9.17) is 4.74 Å². The summed E-state index contributed by atoms with van der Waals surface area (Å²) >= 11 is 2.04. The van der Waals surface area contributed by atoms with Crippen molar-refractivity contribution in [2.75, 3.05) is 51.9 Å². The molecule has 0 aromatic heterocycles. The lowest BCUT2D eigenvalue weighted by Gasteiger charge is -2.12. The Morgan fingerprint density at radius 1 is 1.43 bits per heavy atom. The normalized spacial score (nSPS) is 22.1. The Morgan fingerprint density at radius 2 is 2.29 bits per heavy atom. The third-order valence-corrected chi connectivity index (χ3v) is 3.45. The number of nitrogens with zero attached hydrogens (tertiary/aromatic N) is 1. The highest BCUT2D eigenvalue weighted by atomic mass is 32.2. The van der Waals surface area contributed by atoms with Crippen molar-refractivity contribution < 1.29 is 4.74 Å². The Hall–Kier alpha value is 0.230. The molecule has 1 atom stereocenters. The van der Waals surface area contributed by atoms with Crippen molar-refractivity contribution in [2.24, 2.45) is 0 Å². The zero-order valence-electron chi connectivity index (χ0n) is 9.29. The minimum Gasteiger partial charge on any atom is -0.379 e. The standard InChI is InChI=1S/C10H22N2OS/c1-12(2)5-7-13-6-4-11-10-3-8-14-9-10/h10-11H,3-9H2,1-2H3. The molecule has 0 aromatic carbocycles. The van der Waals surface area contributed by atoms with Gasteiger partial charge in [-0.2, -0.15) is 11.8 Å². The lowest BCUT2D eigenvalue weighted by atomic mass is 10.3. The lowest BCUT2D eigenvalue weighted by molar-refractivity contribution is 0.118. The van der Waals surface area contributed by atoms with Gasteiger partial charge >= 0.3 is 0 Å². The molecule has 4 heteroatoms. The quantitative estimate of drug-likeness (QED) is 0.635. The van der Waals surface area contributed by atoms with E-state index in [9.17, 15) is 0 Å². The Balaban J connectivity index is 1.79. The Labute approximate surface area is 91.6 Å². The van der Waals surface area contributed by atoms with Crippen LogP contribution in [0.5, 0.6) is 0 Å². The van der Waals surface area contributed by atoms with Crippen LogP contribution in [-0.2, 0) is 4.74 Å². The summed E-state index contributed by atoms with van der Waals surface area (Å²) in [5.41, 5.74) is 0. The molecule has 14 heavy (non-hydrogen) atoms. The number of hydrogen-bond acceptors (Lipinski definition) is 4. The summed E-state index contributed by atoms with van der Waals surface area (Å²) in [5, 5.41) is 3.51. The maximum Gasteiger partial charge on any atom is 0.0593 e. The van der Waals surface area contributed by atoms with Crippen LogP contribution in [0.4, 0.5) is 0 Å². The fraction of sp³-hybridized carbons (Fsp3) is 1.00. The van der Waals surface area contributed by atoms with Gasteiger partial charge in [-0.25, -0.2) is 0 Å². The minimum absolute atomic E-state index is 0.734. The second-order valence-corrected chi connectivity index (χ2v) is 5.08. The second kappa shape index (κ2) is 7.51. The summed E-state index contributed by atoms with van der Waals surface area (Å²) in [6.45, 7) is 3.70. The second-order valence-electron chi connectivity index (χ2n) is 3.93. The first-order chi connectivity index (χ1) is 6.79. The van der Waals surface area contributed by atoms with E-state index in [0.29, 0.717) is 0 Å². The van der Waals surface area contributed by atoms with Crippen LogP contribution in [0.1, 0.15) is 6.42 Å². The van der Waals surface area contributed by atoms with E-state index in [2.05, 4.69) is 24.3 Å². The molecule has 1 fully saturated rings. The van der Waals surface area contributed by atoms with E-state index in [-0.39, 0.29) is 0 Å². The summed E-state index contributed by atoms with van der Waals surface area (Å²) in [6.07, 6.45) is 1.32. The third-order valence-electron chi connectivity index (χ3n) is 2.29. The maximum absolute atomic E-state index is 5.49. The molecule has 1 aliphatic heterocycles. The number of likely N-dealkylation sites (N-methyl/N-ethyl adjacent to an activating group) is 1. The van der Waals surface area contributed by atoms with Gasteiger partial charge in [0, 0.05) is 24.9 Å². The average molecular weight is 218 g/mol. The summed E-state index contributed by atoms with van der Waals surface area (Å²) in [5.74, 6) is 2.59. The topological polar surface area (TPSA) is 24.5 Å². The van der Waals surface area contributed by atoms with Gasteiger partial charge in [0.2, 0.25) is 0 Å². The predicted octanol–water partition coefficient (Wildman–Crippen LogP) is 0.660. The molecular formula is C10H22N2OS. The van der Waals surface area contributed by atoms with Gasteiger partial charge in [0.05, 0.1) is 13.2 Å². The fourth-order valence-corrected chi connectivity index (χ4v) is 2.57. The summed E-state index contributed by atoms with van der Waals surface area (Å²) in [7, 11) is 4.13. The summed E-state index contributed by atoms with van der Waals surface area (Å²) in [6, 6.07) is 0.734. The van der Waals surface area contributed by atoms with Crippen molar-refractivity contribution in [3.05, 3.63) is 0 Å². The SMILES string of the molecule is CN(C)CCOCCNC1CCSC1. The monoisotopic (exact) mass is 218 g/mol. The fourth-order valence-electron chi connectivity index (χ4n) is 1.38. The van der Waals surface area contributed by atoms with Crippen molar-refractivity contribution in [1.82, 2.24) is 10.2 Å². The van der Waals surface area contributed by atoms with Gasteiger partial charge in [-0.3, -0.25) is 0 Å². The minimum atomic E-state index is 0.734. The Kier molecular flexibility index (Phi) is 6.60. The van der Waals surface area contributed by atoms with E-state index in [0.717, 1.165) is 32.3 Å². The highest BCUT2D eigenvalue weighted by Gasteiger charge is 2.13. The molecule has 0 bridgehead atoms. The number of hydrogen-bond donors (Lipinski definition) is 1. The first-order valence-electron chi connectivity index (χ1n) is 5.32. The highest BCUT2D eigenvalue weighted by molar-refractivity contribution is 7.99. The van der Waals surface area contributed by atoms with Gasteiger partial charge in [0.25, 0.3) is 0 Å². The molecule has 0 amide bonds. The van der Waals surface area contributed by atoms with Gasteiger partial charge < -0.3 is 15.0 Å². The van der Waals surface area contributed by atoms with Crippen LogP contribution in [0.2, 0.25) is 0 Å². The van der Waals surface area contributed by atoms with Crippen LogP contribution >= 0.6 is 11.8 Å². The number of rotatable bonds is 7. The van der Waals surface area contributed by atoms with Crippen LogP contribution < -0.4 is 5.32 Å². The smallest absolute Gasteiger partial charge is 0.0593 e. The zero-order valence-corrected chi connectivity index (χ0v) is 10.1. The first kappa shape index (κ1) is 12.3. The number of thioether (sulfide) groups is 1. The lowest BCUT2D eigenvalue weighted by Crippen LogP contribution is -2.32. The maximum atomic E-state index is 5.49. The molecule has 1 unspecified atom stereocenters. The van der Waals surface area contributed by atoms with E-state index in [1.807, 2.05) is 11.8 Å². The van der Waals surface area contributed by atoms with Crippen molar-refractivity contribution in [2.45, 2.75) is 12.5 Å². The van der Waals surface area contributed by atoms with Crippen LogP contribution in [0.25, 0.3) is 0 Å². The van der Waals surface area contributed by atoms with Gasteiger partial charge in [-0.05, 0) is 26.3 Å². The van der Waals surface area contributed by atoms with E-state index < -0.39 is 0 Å². The van der Waals surface area contributed by atoms with Crippen LogP contribution in [0.15, 0.2) is 0 Å². The highest BCUT2D eigenvalue weighted by Crippen LogP contribution is 2.16. The molecule has 84 valence electrons. The van der Waals surface area contributed by atoms with Gasteiger partial charge in [-0.1, -0.05) is 0 Å². The first-order valence-corrected chi connectivity index (χ1v) is 6.48. The molecule has 1 N–H and O–H groups in total. The molecule has 1 saturated heterocycles. The van der Waals surface area contributed by atoms with Gasteiger partial charge in [-0.15, -0.1) is 0 Å². The van der Waals surface area contributed by atoms with Crippen molar-refractivity contribution >= 4 is 11.8 Å². The predicted molar refractivity (Wildman–Crippen MR) is 63.1 cm³/mol. The third kappa shape index (κ3) is 5.86. The van der Waals surface area contributed by atoms with Crippen molar-refractivity contribution in [1.29, 1.82) is 0 Å². The Bertz CT molecular complexity index is 138. The van der Waals surface area contributed by atoms with Gasteiger partial charge in [0.1, 0.15) is 0 Å². The zero-order chi connectivity index (χ0) is 10.2. The van der Waals surface area contributed by atoms with Crippen molar-refractivity contribution in [3.63, 3.8) is 0 Å². The van der Waals surface area contributed by atoms with Crippen molar-refractivity contribution in [3.8, 4) is 0 Å².